The molecule has 0 aromatic heterocycles. The molecule has 1 aromatic carbocycles. The number of rotatable bonds is 5. The molecule has 24 heavy (non-hydrogen) atoms. The molecule has 3 rings (SSSR count). The lowest BCUT2D eigenvalue weighted by molar-refractivity contribution is -0.148. The Morgan fingerprint density at radius 1 is 1.38 bits per heavy atom. The Hall–Kier alpha value is -2.77. The maximum absolute atomic E-state index is 12.5. The van der Waals surface area contributed by atoms with E-state index in [0.717, 1.165) is 6.42 Å². The molecule has 3 amide bonds. The van der Waals surface area contributed by atoms with Crippen molar-refractivity contribution in [2.24, 2.45) is 0 Å². The number of nitrogens with zero attached hydrogens (tertiary/aromatic N) is 1. The SMILES string of the molecule is COc1ccc(C(=O)NC2(C(=O)O)CCC2)cc1N1CCNC1=O. The number of carbonyl (C=O) groups excluding carboxylic acids is 2. The van der Waals surface area contributed by atoms with Crippen molar-refractivity contribution in [2.45, 2.75) is 24.8 Å². The van der Waals surface area contributed by atoms with E-state index in [0.29, 0.717) is 37.4 Å². The van der Waals surface area contributed by atoms with Crippen molar-refractivity contribution < 1.29 is 24.2 Å². The first-order chi connectivity index (χ1) is 11.5. The number of amides is 3. The molecular weight excluding hydrogens is 314 g/mol. The van der Waals surface area contributed by atoms with Gasteiger partial charge in [0, 0.05) is 18.7 Å². The Morgan fingerprint density at radius 2 is 2.12 bits per heavy atom. The molecule has 1 aliphatic carbocycles. The average Bonchev–Trinajstić information content (AvgIpc) is 2.95. The highest BCUT2D eigenvalue weighted by Gasteiger charge is 2.45. The molecule has 1 aromatic rings. The van der Waals surface area contributed by atoms with Crippen LogP contribution in [0.25, 0.3) is 0 Å². The van der Waals surface area contributed by atoms with Crippen LogP contribution in [0.5, 0.6) is 5.75 Å². The molecule has 0 atom stereocenters. The molecule has 0 spiro atoms. The number of carboxylic acids is 1. The zero-order chi connectivity index (χ0) is 17.3. The van der Waals surface area contributed by atoms with Crippen LogP contribution in [-0.4, -0.2) is 48.8 Å². The predicted octanol–water partition coefficient (Wildman–Crippen LogP) is 0.962. The first-order valence-electron chi connectivity index (χ1n) is 7.76. The highest BCUT2D eigenvalue weighted by molar-refractivity contribution is 6.01. The molecule has 1 aliphatic heterocycles. The predicted molar refractivity (Wildman–Crippen MR) is 85.4 cm³/mol. The fraction of sp³-hybridized carbons (Fsp3) is 0.438. The van der Waals surface area contributed by atoms with Gasteiger partial charge in [0.2, 0.25) is 0 Å². The molecule has 2 aliphatic rings. The smallest absolute Gasteiger partial charge is 0.329 e. The zero-order valence-electron chi connectivity index (χ0n) is 13.3. The Balaban J connectivity index is 1.87. The lowest BCUT2D eigenvalue weighted by Gasteiger charge is -2.38. The lowest BCUT2D eigenvalue weighted by Crippen LogP contribution is -2.59. The number of anilines is 1. The van der Waals surface area contributed by atoms with Gasteiger partial charge in [0.05, 0.1) is 12.8 Å². The Labute approximate surface area is 138 Å². The minimum atomic E-state index is -1.18. The molecule has 1 heterocycles. The summed E-state index contributed by atoms with van der Waals surface area (Å²) in [6.07, 6.45) is 1.62. The van der Waals surface area contributed by atoms with Gasteiger partial charge in [0.1, 0.15) is 11.3 Å². The third-order valence-corrected chi connectivity index (χ3v) is 4.56. The second-order valence-corrected chi connectivity index (χ2v) is 5.97. The number of nitrogens with one attached hydrogen (secondary N) is 2. The zero-order valence-corrected chi connectivity index (χ0v) is 13.3. The first kappa shape index (κ1) is 16.1. The molecular formula is C16H19N3O5. The van der Waals surface area contributed by atoms with Gasteiger partial charge in [0.25, 0.3) is 5.91 Å². The number of benzene rings is 1. The number of aliphatic carboxylic acids is 1. The summed E-state index contributed by atoms with van der Waals surface area (Å²) < 4.78 is 5.26. The fourth-order valence-electron chi connectivity index (χ4n) is 2.96. The molecule has 8 nitrogen and oxygen atoms in total. The summed E-state index contributed by atoms with van der Waals surface area (Å²) in [4.78, 5) is 37.2. The minimum absolute atomic E-state index is 0.258. The molecule has 3 N–H and O–H groups in total. The van der Waals surface area contributed by atoms with Crippen LogP contribution >= 0.6 is 0 Å². The van der Waals surface area contributed by atoms with Crippen LogP contribution in [0.15, 0.2) is 18.2 Å². The highest BCUT2D eigenvalue weighted by Crippen LogP contribution is 2.34. The van der Waals surface area contributed by atoms with Crippen molar-refractivity contribution in [1.82, 2.24) is 10.6 Å². The van der Waals surface area contributed by atoms with Crippen LogP contribution in [0.1, 0.15) is 29.6 Å². The summed E-state index contributed by atoms with van der Waals surface area (Å²) in [5.41, 5.74) is -0.404. The van der Waals surface area contributed by atoms with E-state index in [1.54, 1.807) is 18.2 Å². The van der Waals surface area contributed by atoms with E-state index < -0.39 is 17.4 Å². The molecule has 0 unspecified atom stereocenters. The number of ether oxygens (including phenoxy) is 1. The van der Waals surface area contributed by atoms with Crippen LogP contribution in [0, 0.1) is 0 Å². The molecule has 0 bridgehead atoms. The van der Waals surface area contributed by atoms with Crippen molar-refractivity contribution in [3.8, 4) is 5.75 Å². The van der Waals surface area contributed by atoms with Crippen LogP contribution in [0.3, 0.4) is 0 Å². The van der Waals surface area contributed by atoms with E-state index in [1.165, 1.54) is 12.0 Å². The molecule has 1 saturated heterocycles. The van der Waals surface area contributed by atoms with E-state index in [-0.39, 0.29) is 11.6 Å². The minimum Gasteiger partial charge on any atom is -0.495 e. The van der Waals surface area contributed by atoms with Crippen LogP contribution in [-0.2, 0) is 4.79 Å². The number of hydrogen-bond acceptors (Lipinski definition) is 4. The average molecular weight is 333 g/mol. The monoisotopic (exact) mass is 333 g/mol. The van der Waals surface area contributed by atoms with E-state index in [9.17, 15) is 19.5 Å². The van der Waals surface area contributed by atoms with Crippen LogP contribution in [0.4, 0.5) is 10.5 Å². The standard InChI is InChI=1S/C16H19N3O5/c1-24-12-4-3-10(9-11(12)19-8-7-17-15(19)23)13(20)18-16(14(21)22)5-2-6-16/h3-4,9H,2,5-8H2,1H3,(H,17,23)(H,18,20)(H,21,22). The van der Waals surface area contributed by atoms with Crippen molar-refractivity contribution in [3.05, 3.63) is 23.8 Å². The number of methoxy groups -OCH3 is 1. The third kappa shape index (κ3) is 2.64. The first-order valence-corrected chi connectivity index (χ1v) is 7.76. The van der Waals surface area contributed by atoms with Gasteiger partial charge >= 0.3 is 12.0 Å². The quantitative estimate of drug-likeness (QED) is 0.744. The van der Waals surface area contributed by atoms with Crippen molar-refractivity contribution in [1.29, 1.82) is 0 Å². The molecule has 1 saturated carbocycles. The number of hydrogen-bond donors (Lipinski definition) is 3. The summed E-state index contributed by atoms with van der Waals surface area (Å²) in [6, 6.07) is 4.45. The van der Waals surface area contributed by atoms with Crippen molar-refractivity contribution in [3.63, 3.8) is 0 Å². The maximum atomic E-state index is 12.5. The fourth-order valence-corrected chi connectivity index (χ4v) is 2.96. The summed E-state index contributed by atoms with van der Waals surface area (Å²) in [5.74, 6) is -1.02. The van der Waals surface area contributed by atoms with Gasteiger partial charge in [-0.25, -0.2) is 9.59 Å². The summed E-state index contributed by atoms with van der Waals surface area (Å²) >= 11 is 0. The lowest BCUT2D eigenvalue weighted by atomic mass is 9.76. The Bertz CT molecular complexity index is 699. The molecule has 128 valence electrons. The molecule has 2 fully saturated rings. The van der Waals surface area contributed by atoms with Gasteiger partial charge in [0.15, 0.2) is 0 Å². The Morgan fingerprint density at radius 3 is 2.62 bits per heavy atom. The summed E-state index contributed by atoms with van der Waals surface area (Å²) in [7, 11) is 1.49. The summed E-state index contributed by atoms with van der Waals surface area (Å²) in [6.45, 7) is 0.986. The van der Waals surface area contributed by atoms with Crippen LogP contribution < -0.4 is 20.3 Å². The number of carbonyl (C=O) groups is 3. The normalized spacial score (nSPS) is 18.5. The number of urea groups is 1. The molecule has 0 radical (unpaired) electrons. The van der Waals surface area contributed by atoms with E-state index in [2.05, 4.69) is 10.6 Å². The van der Waals surface area contributed by atoms with Gasteiger partial charge in [-0.05, 0) is 37.5 Å². The van der Waals surface area contributed by atoms with Crippen LogP contribution in [0.2, 0.25) is 0 Å². The largest absolute Gasteiger partial charge is 0.495 e. The summed E-state index contributed by atoms with van der Waals surface area (Å²) in [5, 5.41) is 14.6. The maximum Gasteiger partial charge on any atom is 0.329 e. The number of carboxylic acid groups (broad SMARTS) is 1. The van der Waals surface area contributed by atoms with Gasteiger partial charge < -0.3 is 20.5 Å². The van der Waals surface area contributed by atoms with Gasteiger partial charge in [-0.15, -0.1) is 0 Å². The second kappa shape index (κ2) is 6.03. The third-order valence-electron chi connectivity index (χ3n) is 4.56. The van der Waals surface area contributed by atoms with Crippen molar-refractivity contribution in [2.75, 3.05) is 25.1 Å². The van der Waals surface area contributed by atoms with Gasteiger partial charge in [-0.3, -0.25) is 9.69 Å². The Kier molecular flexibility index (Phi) is 4.04. The van der Waals surface area contributed by atoms with Gasteiger partial charge in [-0.2, -0.15) is 0 Å². The second-order valence-electron chi connectivity index (χ2n) is 5.97. The molecule has 8 heteroatoms. The highest BCUT2D eigenvalue weighted by atomic mass is 16.5. The topological polar surface area (TPSA) is 108 Å². The van der Waals surface area contributed by atoms with E-state index >= 15 is 0 Å². The van der Waals surface area contributed by atoms with Crippen molar-refractivity contribution >= 4 is 23.6 Å². The van der Waals surface area contributed by atoms with E-state index in [1.807, 2.05) is 0 Å². The van der Waals surface area contributed by atoms with Gasteiger partial charge in [-0.1, -0.05) is 0 Å². The van der Waals surface area contributed by atoms with E-state index in [4.69, 9.17) is 4.74 Å².